The lowest BCUT2D eigenvalue weighted by Crippen LogP contribution is -2.23. The fourth-order valence-electron chi connectivity index (χ4n) is 2.05. The zero-order valence-electron chi connectivity index (χ0n) is 14.5. The molecule has 0 heterocycles. The van der Waals surface area contributed by atoms with E-state index in [9.17, 15) is 0 Å². The summed E-state index contributed by atoms with van der Waals surface area (Å²) < 4.78 is 11.3. The summed E-state index contributed by atoms with van der Waals surface area (Å²) in [5, 5.41) is 7.64. The van der Waals surface area contributed by atoms with Crippen molar-refractivity contribution in [3.8, 4) is 11.5 Å². The molecule has 0 saturated carbocycles. The van der Waals surface area contributed by atoms with Crippen LogP contribution in [0.5, 0.6) is 11.5 Å². The van der Waals surface area contributed by atoms with Crippen LogP contribution >= 0.6 is 12.2 Å². The number of thiocarbonyl (C=S) groups is 1. The van der Waals surface area contributed by atoms with Crippen LogP contribution in [0.1, 0.15) is 25.8 Å². The second-order valence-corrected chi connectivity index (χ2v) is 5.59. The number of nitrogens with zero attached hydrogens (tertiary/aromatic N) is 1. The Morgan fingerprint density at radius 2 is 1.88 bits per heavy atom. The first-order valence-corrected chi connectivity index (χ1v) is 8.68. The van der Waals surface area contributed by atoms with Crippen molar-refractivity contribution in [3.63, 3.8) is 0 Å². The van der Waals surface area contributed by atoms with Gasteiger partial charge in [0.15, 0.2) is 16.6 Å². The lowest BCUT2D eigenvalue weighted by molar-refractivity contribution is 0.277. The summed E-state index contributed by atoms with van der Waals surface area (Å²) in [7, 11) is 0. The van der Waals surface area contributed by atoms with E-state index in [4.69, 9.17) is 21.7 Å². The number of hydrazone groups is 1. The van der Waals surface area contributed by atoms with Crippen molar-refractivity contribution < 1.29 is 9.47 Å². The van der Waals surface area contributed by atoms with Crippen molar-refractivity contribution in [1.29, 1.82) is 0 Å². The van der Waals surface area contributed by atoms with Crippen LogP contribution in [0.25, 0.3) is 0 Å². The summed E-state index contributed by atoms with van der Waals surface area (Å²) in [5.74, 6) is 1.46. The van der Waals surface area contributed by atoms with Gasteiger partial charge in [0.1, 0.15) is 0 Å². The number of nitrogens with one attached hydrogen (secondary N) is 2. The zero-order valence-corrected chi connectivity index (χ0v) is 15.3. The normalized spacial score (nSPS) is 10.5. The van der Waals surface area contributed by atoms with Crippen LogP contribution in [0.15, 0.2) is 53.6 Å². The second kappa shape index (κ2) is 10.3. The molecule has 25 heavy (non-hydrogen) atoms. The van der Waals surface area contributed by atoms with E-state index in [1.807, 2.05) is 55.5 Å². The molecule has 0 unspecified atom stereocenters. The van der Waals surface area contributed by atoms with Gasteiger partial charge in [-0.3, -0.25) is 5.43 Å². The Bertz CT molecular complexity index is 705. The van der Waals surface area contributed by atoms with Gasteiger partial charge in [-0.25, -0.2) is 0 Å². The van der Waals surface area contributed by atoms with Crippen LogP contribution in [0, 0.1) is 0 Å². The molecular weight excluding hydrogens is 334 g/mol. The number of hydrogen-bond acceptors (Lipinski definition) is 4. The highest BCUT2D eigenvalue weighted by Crippen LogP contribution is 2.28. The van der Waals surface area contributed by atoms with Gasteiger partial charge in [0.05, 0.1) is 19.4 Å². The van der Waals surface area contributed by atoms with Crippen LogP contribution < -0.4 is 20.2 Å². The third kappa shape index (κ3) is 6.43. The predicted octanol–water partition coefficient (Wildman–Crippen LogP) is 4.19. The van der Waals surface area contributed by atoms with E-state index in [0.717, 1.165) is 23.4 Å². The second-order valence-electron chi connectivity index (χ2n) is 5.18. The van der Waals surface area contributed by atoms with E-state index < -0.39 is 0 Å². The molecular formula is C19H23N3O2S. The fraction of sp³-hybridized carbons (Fsp3) is 0.263. The number of hydrogen-bond donors (Lipinski definition) is 2. The Morgan fingerprint density at radius 1 is 1.08 bits per heavy atom. The minimum atomic E-state index is 0.426. The van der Waals surface area contributed by atoms with E-state index in [-0.39, 0.29) is 0 Å². The lowest BCUT2D eigenvalue weighted by Gasteiger charge is -2.12. The first-order valence-electron chi connectivity index (χ1n) is 8.27. The molecule has 0 bridgehead atoms. The largest absolute Gasteiger partial charge is 0.490 e. The zero-order chi connectivity index (χ0) is 17.9. The monoisotopic (exact) mass is 357 g/mol. The van der Waals surface area contributed by atoms with E-state index in [0.29, 0.717) is 24.1 Å². The van der Waals surface area contributed by atoms with Crippen molar-refractivity contribution in [1.82, 2.24) is 5.43 Å². The van der Waals surface area contributed by atoms with Gasteiger partial charge in [-0.1, -0.05) is 25.1 Å². The molecule has 0 atom stereocenters. The van der Waals surface area contributed by atoms with Gasteiger partial charge in [-0.05, 0) is 61.5 Å². The Labute approximate surface area is 154 Å². The lowest BCUT2D eigenvalue weighted by atomic mass is 10.2. The van der Waals surface area contributed by atoms with Crippen LogP contribution in [-0.4, -0.2) is 24.5 Å². The molecule has 0 aliphatic carbocycles. The Hall–Kier alpha value is -2.60. The van der Waals surface area contributed by atoms with E-state index in [2.05, 4.69) is 22.8 Å². The Morgan fingerprint density at radius 3 is 2.60 bits per heavy atom. The third-order valence-corrected chi connectivity index (χ3v) is 3.33. The molecule has 132 valence electrons. The number of ether oxygens (including phenoxy) is 2. The first-order chi connectivity index (χ1) is 12.2. The molecule has 2 aromatic carbocycles. The number of benzene rings is 2. The predicted molar refractivity (Wildman–Crippen MR) is 107 cm³/mol. The van der Waals surface area contributed by atoms with Gasteiger partial charge in [0.25, 0.3) is 0 Å². The molecule has 6 heteroatoms. The van der Waals surface area contributed by atoms with E-state index in [1.165, 1.54) is 0 Å². The molecule has 0 radical (unpaired) electrons. The molecule has 0 fully saturated rings. The van der Waals surface area contributed by atoms with Gasteiger partial charge in [-0.2, -0.15) is 5.10 Å². The highest BCUT2D eigenvalue weighted by molar-refractivity contribution is 7.80. The molecule has 0 aliphatic heterocycles. The summed E-state index contributed by atoms with van der Waals surface area (Å²) in [6.07, 6.45) is 2.63. The maximum absolute atomic E-state index is 5.69. The molecule has 5 nitrogen and oxygen atoms in total. The van der Waals surface area contributed by atoms with Gasteiger partial charge in [-0.15, -0.1) is 0 Å². The Balaban J connectivity index is 1.95. The molecule has 2 N–H and O–H groups in total. The van der Waals surface area contributed by atoms with Gasteiger partial charge >= 0.3 is 0 Å². The summed E-state index contributed by atoms with van der Waals surface area (Å²) in [6.45, 7) is 5.25. The van der Waals surface area contributed by atoms with E-state index in [1.54, 1.807) is 6.21 Å². The average Bonchev–Trinajstić information content (AvgIpc) is 2.62. The van der Waals surface area contributed by atoms with Gasteiger partial charge in [0.2, 0.25) is 0 Å². The van der Waals surface area contributed by atoms with Gasteiger partial charge in [0, 0.05) is 5.69 Å². The van der Waals surface area contributed by atoms with Crippen LogP contribution in [0.4, 0.5) is 5.69 Å². The van der Waals surface area contributed by atoms with Crippen LogP contribution in [0.2, 0.25) is 0 Å². The Kier molecular flexibility index (Phi) is 7.72. The molecule has 2 aromatic rings. The highest BCUT2D eigenvalue weighted by Gasteiger charge is 2.05. The molecule has 0 spiro atoms. The molecule has 0 aliphatic rings. The molecule has 0 aromatic heterocycles. The SMILES string of the molecule is CCCOc1ccc(/C=N\NC(=S)Nc2ccccc2)cc1OCC. The minimum absolute atomic E-state index is 0.426. The van der Waals surface area contributed by atoms with Crippen molar-refractivity contribution in [2.24, 2.45) is 5.10 Å². The van der Waals surface area contributed by atoms with Crippen molar-refractivity contribution in [2.45, 2.75) is 20.3 Å². The standard InChI is InChI=1S/C19H23N3O2S/c1-3-12-24-17-11-10-15(13-18(17)23-4-2)14-20-22-19(25)21-16-8-6-5-7-9-16/h5-11,13-14H,3-4,12H2,1-2H3,(H2,21,22,25)/b20-14-. The quantitative estimate of drug-likeness (QED) is 0.421. The summed E-state index contributed by atoms with van der Waals surface area (Å²) >= 11 is 5.21. The number of para-hydroxylation sites is 1. The van der Waals surface area contributed by atoms with Crippen molar-refractivity contribution in [3.05, 3.63) is 54.1 Å². The first kappa shape index (κ1) is 18.7. The minimum Gasteiger partial charge on any atom is -0.490 e. The summed E-state index contributed by atoms with van der Waals surface area (Å²) in [5.41, 5.74) is 4.60. The van der Waals surface area contributed by atoms with E-state index >= 15 is 0 Å². The smallest absolute Gasteiger partial charge is 0.191 e. The molecule has 0 saturated heterocycles. The topological polar surface area (TPSA) is 54.9 Å². The van der Waals surface area contributed by atoms with Gasteiger partial charge < -0.3 is 14.8 Å². The third-order valence-electron chi connectivity index (χ3n) is 3.14. The average molecular weight is 357 g/mol. The van der Waals surface area contributed by atoms with Crippen molar-refractivity contribution >= 4 is 29.2 Å². The number of rotatable bonds is 8. The van der Waals surface area contributed by atoms with Crippen LogP contribution in [-0.2, 0) is 0 Å². The summed E-state index contributed by atoms with van der Waals surface area (Å²) in [6, 6.07) is 15.4. The van der Waals surface area contributed by atoms with Crippen molar-refractivity contribution in [2.75, 3.05) is 18.5 Å². The maximum atomic E-state index is 5.69. The molecule has 2 rings (SSSR count). The highest BCUT2D eigenvalue weighted by atomic mass is 32.1. The number of anilines is 1. The van der Waals surface area contributed by atoms with Crippen LogP contribution in [0.3, 0.4) is 0 Å². The maximum Gasteiger partial charge on any atom is 0.191 e. The fourth-order valence-corrected chi connectivity index (χ4v) is 2.22. The molecule has 0 amide bonds. The summed E-state index contributed by atoms with van der Waals surface area (Å²) in [4.78, 5) is 0.